The molecule has 0 atom stereocenters. The minimum absolute atomic E-state index is 0.240. The summed E-state index contributed by atoms with van der Waals surface area (Å²) >= 11 is 0. The van der Waals surface area contributed by atoms with E-state index in [-0.39, 0.29) is 6.61 Å². The van der Waals surface area contributed by atoms with Crippen molar-refractivity contribution in [3.63, 3.8) is 0 Å². The zero-order chi connectivity index (χ0) is 10.4. The van der Waals surface area contributed by atoms with Gasteiger partial charge in [0.2, 0.25) is 0 Å². The molecule has 0 aliphatic heterocycles. The van der Waals surface area contributed by atoms with Crippen LogP contribution in [0, 0.1) is 12.3 Å². The predicted octanol–water partition coefficient (Wildman–Crippen LogP) is 2.35. The molecule has 72 valence electrons. The van der Waals surface area contributed by atoms with Crippen LogP contribution in [0.4, 0.5) is 0 Å². The van der Waals surface area contributed by atoms with Gasteiger partial charge in [-0.25, -0.2) is 0 Å². The van der Waals surface area contributed by atoms with Crippen molar-refractivity contribution in [3.05, 3.63) is 30.3 Å². The molecule has 2 nitrogen and oxygen atoms in total. The number of terminal acetylenes is 1. The Morgan fingerprint density at radius 3 is 2.86 bits per heavy atom. The number of hydrogen-bond donors (Lipinski definition) is 0. The van der Waals surface area contributed by atoms with Gasteiger partial charge in [-0.05, 0) is 17.7 Å². The average Bonchev–Trinajstić information content (AvgIpc) is 2.26. The molecule has 0 amide bonds. The molecule has 1 rings (SSSR count). The van der Waals surface area contributed by atoms with E-state index in [1.807, 2.05) is 18.2 Å². The quantitative estimate of drug-likeness (QED) is 0.675. The summed E-state index contributed by atoms with van der Waals surface area (Å²) in [6, 6.07) is 5.55. The topological polar surface area (TPSA) is 18.5 Å². The number of ether oxygens (including phenoxy) is 2. The molecule has 0 N–H and O–H groups in total. The molecule has 0 bridgehead atoms. The lowest BCUT2D eigenvalue weighted by atomic mass is 10.2. The number of methoxy groups -OCH3 is 1. The molecule has 0 spiro atoms. The van der Waals surface area contributed by atoms with E-state index in [1.165, 1.54) is 0 Å². The van der Waals surface area contributed by atoms with Crippen LogP contribution in [-0.2, 0) is 0 Å². The van der Waals surface area contributed by atoms with Gasteiger partial charge in [-0.2, -0.15) is 0 Å². The van der Waals surface area contributed by atoms with Gasteiger partial charge in [-0.15, -0.1) is 6.42 Å². The highest BCUT2D eigenvalue weighted by molar-refractivity contribution is 5.54. The molecule has 0 aliphatic rings. The van der Waals surface area contributed by atoms with Crippen LogP contribution < -0.4 is 9.47 Å². The van der Waals surface area contributed by atoms with E-state index >= 15 is 0 Å². The monoisotopic (exact) mass is 188 g/mol. The van der Waals surface area contributed by atoms with Gasteiger partial charge in [0.1, 0.15) is 6.61 Å². The maximum atomic E-state index is 5.28. The lowest BCUT2D eigenvalue weighted by molar-refractivity contribution is 0.331. The molecule has 2 heteroatoms. The van der Waals surface area contributed by atoms with Crippen molar-refractivity contribution in [2.75, 3.05) is 13.7 Å². The molecule has 14 heavy (non-hydrogen) atoms. The summed E-state index contributed by atoms with van der Waals surface area (Å²) in [5, 5.41) is 0. The minimum atomic E-state index is 0.240. The van der Waals surface area contributed by atoms with Crippen molar-refractivity contribution in [2.45, 2.75) is 0 Å². The molecule has 1 aromatic carbocycles. The Kier molecular flexibility index (Phi) is 3.63. The van der Waals surface area contributed by atoms with E-state index in [0.29, 0.717) is 11.5 Å². The summed E-state index contributed by atoms with van der Waals surface area (Å²) in [6.07, 6.45) is 6.84. The number of benzene rings is 1. The fraction of sp³-hybridized carbons (Fsp3) is 0.167. The first kappa shape index (κ1) is 10.2. The number of hydrogen-bond acceptors (Lipinski definition) is 2. The molecule has 0 saturated heterocycles. The maximum absolute atomic E-state index is 5.28. The Balaban J connectivity index is 2.94. The van der Waals surface area contributed by atoms with Gasteiger partial charge in [0.15, 0.2) is 11.5 Å². The van der Waals surface area contributed by atoms with E-state index in [9.17, 15) is 0 Å². The first-order valence-corrected chi connectivity index (χ1v) is 4.18. The summed E-state index contributed by atoms with van der Waals surface area (Å²) in [5.41, 5.74) is 0.981. The summed E-state index contributed by atoms with van der Waals surface area (Å²) in [5.74, 6) is 3.71. The Morgan fingerprint density at radius 2 is 2.29 bits per heavy atom. The molecule has 0 heterocycles. The minimum Gasteiger partial charge on any atom is -0.493 e. The molecule has 0 aromatic heterocycles. The Labute approximate surface area is 84.2 Å². The van der Waals surface area contributed by atoms with E-state index in [2.05, 4.69) is 12.5 Å². The van der Waals surface area contributed by atoms with Gasteiger partial charge in [0, 0.05) is 0 Å². The molecular formula is C12H12O2. The van der Waals surface area contributed by atoms with Crippen molar-refractivity contribution in [2.24, 2.45) is 0 Å². The van der Waals surface area contributed by atoms with Crippen molar-refractivity contribution in [3.8, 4) is 23.8 Å². The van der Waals surface area contributed by atoms with Gasteiger partial charge in [-0.1, -0.05) is 24.6 Å². The Morgan fingerprint density at radius 1 is 1.50 bits per heavy atom. The zero-order valence-electron chi connectivity index (χ0n) is 8.12. The fourth-order valence-electron chi connectivity index (χ4n) is 1.05. The highest BCUT2D eigenvalue weighted by Gasteiger charge is 2.03. The van der Waals surface area contributed by atoms with Crippen LogP contribution >= 0.6 is 0 Å². The van der Waals surface area contributed by atoms with Crippen LogP contribution in [0.15, 0.2) is 24.8 Å². The van der Waals surface area contributed by atoms with Gasteiger partial charge < -0.3 is 9.47 Å². The second kappa shape index (κ2) is 4.98. The van der Waals surface area contributed by atoms with Gasteiger partial charge in [0.25, 0.3) is 0 Å². The largest absolute Gasteiger partial charge is 0.493 e. The van der Waals surface area contributed by atoms with Crippen molar-refractivity contribution in [1.82, 2.24) is 0 Å². The van der Waals surface area contributed by atoms with Crippen LogP contribution in [0.25, 0.3) is 6.08 Å². The van der Waals surface area contributed by atoms with Crippen LogP contribution in [-0.4, -0.2) is 13.7 Å². The van der Waals surface area contributed by atoms with Crippen LogP contribution in [0.1, 0.15) is 5.56 Å². The van der Waals surface area contributed by atoms with Crippen molar-refractivity contribution < 1.29 is 9.47 Å². The molecule has 0 saturated carbocycles. The van der Waals surface area contributed by atoms with Crippen molar-refractivity contribution in [1.29, 1.82) is 0 Å². The predicted molar refractivity (Wildman–Crippen MR) is 57.4 cm³/mol. The summed E-state index contributed by atoms with van der Waals surface area (Å²) in [6.45, 7) is 3.91. The summed E-state index contributed by atoms with van der Waals surface area (Å²) in [4.78, 5) is 0. The summed E-state index contributed by atoms with van der Waals surface area (Å²) < 4.78 is 10.4. The highest BCUT2D eigenvalue weighted by atomic mass is 16.5. The molecule has 0 fully saturated rings. The average molecular weight is 188 g/mol. The molecule has 0 aliphatic carbocycles. The normalized spacial score (nSPS) is 8.86. The second-order valence-corrected chi connectivity index (χ2v) is 2.61. The lowest BCUT2D eigenvalue weighted by Crippen LogP contribution is -1.96. The third-order valence-electron chi connectivity index (χ3n) is 1.73. The molecule has 1 aromatic rings. The molecule has 0 radical (unpaired) electrons. The van der Waals surface area contributed by atoms with Gasteiger partial charge in [0.05, 0.1) is 7.11 Å². The first-order chi connectivity index (χ1) is 6.81. The third kappa shape index (κ3) is 2.30. The first-order valence-electron chi connectivity index (χ1n) is 4.18. The maximum Gasteiger partial charge on any atom is 0.162 e. The van der Waals surface area contributed by atoms with Crippen LogP contribution in [0.5, 0.6) is 11.5 Å². The van der Waals surface area contributed by atoms with Crippen LogP contribution in [0.2, 0.25) is 0 Å². The molecular weight excluding hydrogens is 176 g/mol. The fourth-order valence-corrected chi connectivity index (χ4v) is 1.05. The highest BCUT2D eigenvalue weighted by Crippen LogP contribution is 2.28. The second-order valence-electron chi connectivity index (χ2n) is 2.61. The summed E-state index contributed by atoms with van der Waals surface area (Å²) in [7, 11) is 1.59. The Bertz CT molecular complexity index is 361. The SMILES string of the molecule is C#CCOc1ccc(C=C)cc1OC. The van der Waals surface area contributed by atoms with E-state index in [1.54, 1.807) is 13.2 Å². The standard InChI is InChI=1S/C12H12O2/c1-4-8-14-11-7-6-10(5-2)9-12(11)13-3/h1,5-7,9H,2,8H2,3H3. The van der Waals surface area contributed by atoms with Gasteiger partial charge in [-0.3, -0.25) is 0 Å². The van der Waals surface area contributed by atoms with E-state index < -0.39 is 0 Å². The van der Waals surface area contributed by atoms with Crippen molar-refractivity contribution >= 4 is 6.08 Å². The van der Waals surface area contributed by atoms with Crippen LogP contribution in [0.3, 0.4) is 0 Å². The van der Waals surface area contributed by atoms with E-state index in [4.69, 9.17) is 15.9 Å². The smallest absolute Gasteiger partial charge is 0.162 e. The Hall–Kier alpha value is -1.88. The zero-order valence-corrected chi connectivity index (χ0v) is 8.12. The molecule has 0 unspecified atom stereocenters. The third-order valence-corrected chi connectivity index (χ3v) is 1.73. The van der Waals surface area contributed by atoms with Gasteiger partial charge >= 0.3 is 0 Å². The number of rotatable bonds is 4. The van der Waals surface area contributed by atoms with E-state index in [0.717, 1.165) is 5.56 Å². The lowest BCUT2D eigenvalue weighted by Gasteiger charge is -2.08.